The molecule has 134 valence electrons. The first-order chi connectivity index (χ1) is 11.8. The van der Waals surface area contributed by atoms with Gasteiger partial charge in [0.15, 0.2) is 6.39 Å². The molecule has 1 aromatic carbocycles. The molecule has 0 N–H and O–H groups in total. The first kappa shape index (κ1) is 17.5. The van der Waals surface area contributed by atoms with E-state index in [1.54, 1.807) is 17.9 Å². The van der Waals surface area contributed by atoms with Gasteiger partial charge in [-0.1, -0.05) is 18.2 Å². The van der Waals surface area contributed by atoms with Crippen LogP contribution in [0.25, 0.3) is 0 Å². The SMILES string of the molecule is Cc1ncoc1C(=O)N1CCO[C@H](Cc2cccc(C(F)(F)F)c2)C1. The fourth-order valence-corrected chi connectivity index (χ4v) is 2.82. The Morgan fingerprint density at radius 1 is 1.40 bits per heavy atom. The van der Waals surface area contributed by atoms with Crippen molar-refractivity contribution in [2.24, 2.45) is 0 Å². The molecule has 0 bridgehead atoms. The lowest BCUT2D eigenvalue weighted by atomic mass is 10.0. The van der Waals surface area contributed by atoms with Gasteiger partial charge in [-0.3, -0.25) is 4.79 Å². The van der Waals surface area contributed by atoms with Crippen molar-refractivity contribution in [2.75, 3.05) is 19.7 Å². The number of rotatable bonds is 3. The Morgan fingerprint density at radius 3 is 2.88 bits per heavy atom. The molecular formula is C17H17F3N2O3. The number of aromatic nitrogens is 1. The van der Waals surface area contributed by atoms with Crippen molar-refractivity contribution in [3.8, 4) is 0 Å². The molecule has 2 aromatic rings. The van der Waals surface area contributed by atoms with Gasteiger partial charge in [-0.25, -0.2) is 4.98 Å². The number of halogens is 3. The fraction of sp³-hybridized carbons (Fsp3) is 0.412. The zero-order chi connectivity index (χ0) is 18.0. The number of alkyl halides is 3. The third-order valence-corrected chi connectivity index (χ3v) is 4.08. The van der Waals surface area contributed by atoms with Crippen LogP contribution in [0.5, 0.6) is 0 Å². The van der Waals surface area contributed by atoms with Gasteiger partial charge < -0.3 is 14.1 Å². The molecule has 1 aliphatic rings. The highest BCUT2D eigenvalue weighted by atomic mass is 19.4. The highest BCUT2D eigenvalue weighted by Crippen LogP contribution is 2.30. The number of hydrogen-bond acceptors (Lipinski definition) is 4. The maximum atomic E-state index is 12.8. The molecule has 5 nitrogen and oxygen atoms in total. The number of benzene rings is 1. The molecule has 8 heteroatoms. The van der Waals surface area contributed by atoms with Crippen molar-refractivity contribution in [1.82, 2.24) is 9.88 Å². The normalized spacial score (nSPS) is 18.4. The van der Waals surface area contributed by atoms with Crippen molar-refractivity contribution < 1.29 is 27.1 Å². The number of morpholine rings is 1. The van der Waals surface area contributed by atoms with Gasteiger partial charge in [0.1, 0.15) is 0 Å². The number of oxazole rings is 1. The summed E-state index contributed by atoms with van der Waals surface area (Å²) in [7, 11) is 0. The van der Waals surface area contributed by atoms with Crippen LogP contribution < -0.4 is 0 Å². The number of ether oxygens (including phenoxy) is 1. The predicted octanol–water partition coefficient (Wildman–Crippen LogP) is 3.09. The standard InChI is InChI=1S/C17H17F3N2O3/c1-11-15(25-10-21-11)16(23)22-5-6-24-14(9-22)8-12-3-2-4-13(7-12)17(18,19)20/h2-4,7,10,14H,5-6,8-9H2,1H3/t14-/m1/s1. The van der Waals surface area contributed by atoms with Crippen LogP contribution in [-0.4, -0.2) is 41.6 Å². The zero-order valence-electron chi connectivity index (χ0n) is 13.5. The second-order valence-electron chi connectivity index (χ2n) is 5.91. The molecule has 3 rings (SSSR count). The molecule has 0 aliphatic carbocycles. The molecule has 25 heavy (non-hydrogen) atoms. The van der Waals surface area contributed by atoms with E-state index in [2.05, 4.69) is 4.98 Å². The summed E-state index contributed by atoms with van der Waals surface area (Å²) in [6.45, 7) is 2.69. The van der Waals surface area contributed by atoms with E-state index in [1.165, 1.54) is 12.5 Å². The molecule has 1 aromatic heterocycles. The van der Waals surface area contributed by atoms with Gasteiger partial charge >= 0.3 is 6.18 Å². The van der Waals surface area contributed by atoms with E-state index in [1.807, 2.05) is 0 Å². The van der Waals surface area contributed by atoms with Crippen molar-refractivity contribution in [3.63, 3.8) is 0 Å². The third-order valence-electron chi connectivity index (χ3n) is 4.08. The van der Waals surface area contributed by atoms with E-state index in [4.69, 9.17) is 9.15 Å². The lowest BCUT2D eigenvalue weighted by Gasteiger charge is -2.32. The molecule has 0 saturated carbocycles. The number of aryl methyl sites for hydroxylation is 1. The number of hydrogen-bond donors (Lipinski definition) is 0. The van der Waals surface area contributed by atoms with Gasteiger partial charge in [-0.2, -0.15) is 13.2 Å². The predicted molar refractivity (Wildman–Crippen MR) is 82.0 cm³/mol. The average Bonchev–Trinajstić information content (AvgIpc) is 3.00. The van der Waals surface area contributed by atoms with Crippen molar-refractivity contribution >= 4 is 5.91 Å². The smallest absolute Gasteiger partial charge is 0.416 e. The second-order valence-corrected chi connectivity index (χ2v) is 5.91. The van der Waals surface area contributed by atoms with E-state index in [-0.39, 0.29) is 24.3 Å². The average molecular weight is 354 g/mol. The van der Waals surface area contributed by atoms with Crippen LogP contribution >= 0.6 is 0 Å². The van der Waals surface area contributed by atoms with E-state index < -0.39 is 11.7 Å². The monoisotopic (exact) mass is 354 g/mol. The van der Waals surface area contributed by atoms with Gasteiger partial charge in [0, 0.05) is 19.5 Å². The highest BCUT2D eigenvalue weighted by Gasteiger charge is 2.31. The van der Waals surface area contributed by atoms with Crippen molar-refractivity contribution in [3.05, 3.63) is 53.2 Å². The Hall–Kier alpha value is -2.35. The van der Waals surface area contributed by atoms with Crippen LogP contribution in [0.1, 0.15) is 27.4 Å². The fourth-order valence-electron chi connectivity index (χ4n) is 2.82. The Bertz CT molecular complexity index is 758. The Kier molecular flexibility index (Phi) is 4.80. The topological polar surface area (TPSA) is 55.6 Å². The summed E-state index contributed by atoms with van der Waals surface area (Å²) in [5.74, 6) is -0.105. The summed E-state index contributed by atoms with van der Waals surface area (Å²) in [6.07, 6.45) is -3.24. The summed E-state index contributed by atoms with van der Waals surface area (Å²) in [5.41, 5.74) is 0.335. The van der Waals surface area contributed by atoms with Gasteiger partial charge in [-0.05, 0) is 18.6 Å². The molecule has 0 unspecified atom stereocenters. The molecule has 0 radical (unpaired) electrons. The number of amides is 1. The second kappa shape index (κ2) is 6.87. The van der Waals surface area contributed by atoms with Crippen LogP contribution in [0.4, 0.5) is 13.2 Å². The molecule has 2 heterocycles. The van der Waals surface area contributed by atoms with Crippen LogP contribution in [0, 0.1) is 6.92 Å². The Balaban J connectivity index is 1.68. The summed E-state index contributed by atoms with van der Waals surface area (Å²) in [6, 6.07) is 5.15. The minimum atomic E-state index is -4.38. The van der Waals surface area contributed by atoms with Crippen LogP contribution in [0.2, 0.25) is 0 Å². The molecule has 1 amide bonds. The quantitative estimate of drug-likeness (QED) is 0.850. The Morgan fingerprint density at radius 2 is 2.20 bits per heavy atom. The summed E-state index contributed by atoms with van der Waals surface area (Å²) in [4.78, 5) is 17.9. The highest BCUT2D eigenvalue weighted by molar-refractivity contribution is 5.92. The van der Waals surface area contributed by atoms with E-state index >= 15 is 0 Å². The third kappa shape index (κ3) is 4.01. The first-order valence-corrected chi connectivity index (χ1v) is 7.81. The molecule has 1 saturated heterocycles. The van der Waals surface area contributed by atoms with Crippen molar-refractivity contribution in [2.45, 2.75) is 25.6 Å². The van der Waals surface area contributed by atoms with Crippen LogP contribution in [0.3, 0.4) is 0 Å². The van der Waals surface area contributed by atoms with E-state index in [0.29, 0.717) is 30.8 Å². The molecule has 1 fully saturated rings. The lowest BCUT2D eigenvalue weighted by Crippen LogP contribution is -2.46. The molecular weight excluding hydrogens is 337 g/mol. The maximum absolute atomic E-state index is 12.8. The van der Waals surface area contributed by atoms with Gasteiger partial charge in [0.2, 0.25) is 5.76 Å². The number of carbonyl (C=O) groups is 1. The van der Waals surface area contributed by atoms with Crippen LogP contribution in [-0.2, 0) is 17.3 Å². The minimum absolute atomic E-state index is 0.180. The first-order valence-electron chi connectivity index (χ1n) is 7.81. The van der Waals surface area contributed by atoms with Gasteiger partial charge in [0.05, 0.1) is 24.0 Å². The van der Waals surface area contributed by atoms with E-state index in [0.717, 1.165) is 12.1 Å². The van der Waals surface area contributed by atoms with Crippen molar-refractivity contribution in [1.29, 1.82) is 0 Å². The minimum Gasteiger partial charge on any atom is -0.438 e. The largest absolute Gasteiger partial charge is 0.438 e. The molecule has 1 aliphatic heterocycles. The van der Waals surface area contributed by atoms with E-state index in [9.17, 15) is 18.0 Å². The summed E-state index contributed by atoms with van der Waals surface area (Å²) in [5, 5.41) is 0. The number of nitrogens with zero attached hydrogens (tertiary/aromatic N) is 2. The molecule has 0 spiro atoms. The summed E-state index contributed by atoms with van der Waals surface area (Å²) >= 11 is 0. The molecule has 1 atom stereocenters. The summed E-state index contributed by atoms with van der Waals surface area (Å²) < 4.78 is 49.2. The Labute approximate surface area is 142 Å². The maximum Gasteiger partial charge on any atom is 0.416 e. The van der Waals surface area contributed by atoms with Gasteiger partial charge in [0.25, 0.3) is 5.91 Å². The van der Waals surface area contributed by atoms with Crippen LogP contribution in [0.15, 0.2) is 35.1 Å². The van der Waals surface area contributed by atoms with Gasteiger partial charge in [-0.15, -0.1) is 0 Å². The zero-order valence-corrected chi connectivity index (χ0v) is 13.5. The lowest BCUT2D eigenvalue weighted by molar-refractivity contribution is -0.137. The number of carbonyl (C=O) groups excluding carboxylic acids is 1.